The third kappa shape index (κ3) is 2.69. The number of aromatic amines is 1. The Hall–Kier alpha value is -2.96. The number of H-pyrrole nitrogens is 1. The van der Waals surface area contributed by atoms with Crippen molar-refractivity contribution in [1.29, 1.82) is 0 Å². The summed E-state index contributed by atoms with van der Waals surface area (Å²) >= 11 is 0. The van der Waals surface area contributed by atoms with E-state index >= 15 is 0 Å². The summed E-state index contributed by atoms with van der Waals surface area (Å²) in [7, 11) is 0. The number of carbonyl (C=O) groups excluding carboxylic acids is 1. The Kier molecular flexibility index (Phi) is 4.06. The molecule has 1 saturated heterocycles. The molecule has 7 heteroatoms. The van der Waals surface area contributed by atoms with E-state index in [1.54, 1.807) is 25.3 Å². The van der Waals surface area contributed by atoms with Crippen LogP contribution in [-0.2, 0) is 6.42 Å². The molecule has 0 aliphatic carbocycles. The second-order valence-electron chi connectivity index (χ2n) is 6.64. The largest absolute Gasteiger partial charge is 0.361 e. The average molecular weight is 352 g/mol. The van der Waals surface area contributed by atoms with E-state index in [0.717, 1.165) is 12.1 Å². The Labute approximate surface area is 150 Å². The first kappa shape index (κ1) is 16.5. The first-order valence-corrected chi connectivity index (χ1v) is 8.80. The Bertz CT molecular complexity index is 1040. The number of rotatable bonds is 3. The zero-order chi connectivity index (χ0) is 18.3. The van der Waals surface area contributed by atoms with Gasteiger partial charge in [-0.15, -0.1) is 0 Å². The Morgan fingerprint density at radius 2 is 2.31 bits per heavy atom. The normalized spacial score (nSPS) is 17.2. The number of hydrogen-bond acceptors (Lipinski definition) is 5. The van der Waals surface area contributed by atoms with Gasteiger partial charge in [-0.1, -0.05) is 12.1 Å². The molecule has 0 aromatic carbocycles. The van der Waals surface area contributed by atoms with Gasteiger partial charge in [-0.05, 0) is 38.0 Å². The summed E-state index contributed by atoms with van der Waals surface area (Å²) in [6, 6.07) is 5.42. The molecule has 0 radical (unpaired) electrons. The quantitative estimate of drug-likeness (QED) is 0.781. The van der Waals surface area contributed by atoms with Crippen molar-refractivity contribution in [3.63, 3.8) is 0 Å². The van der Waals surface area contributed by atoms with E-state index in [1.165, 1.54) is 0 Å². The molecular weight excluding hydrogens is 332 g/mol. The molecule has 4 heterocycles. The highest BCUT2D eigenvalue weighted by molar-refractivity contribution is 5.96. The number of nitrogens with one attached hydrogen (secondary N) is 1. The molecule has 4 rings (SSSR count). The molecule has 0 bridgehead atoms. The Morgan fingerprint density at radius 1 is 1.46 bits per heavy atom. The molecule has 26 heavy (non-hydrogen) atoms. The Morgan fingerprint density at radius 3 is 3.12 bits per heavy atom. The maximum Gasteiger partial charge on any atom is 0.259 e. The van der Waals surface area contributed by atoms with Gasteiger partial charge in [-0.25, -0.2) is 0 Å². The van der Waals surface area contributed by atoms with E-state index in [2.05, 4.69) is 15.1 Å². The number of pyridine rings is 2. The monoisotopic (exact) mass is 352 g/mol. The lowest BCUT2D eigenvalue weighted by Crippen LogP contribution is -2.29. The SMILES string of the molecule is CCc1noc(C)c1C(=O)N1CCC(c2cc3ncccc3c(=O)[nH]2)C1. The predicted molar refractivity (Wildman–Crippen MR) is 96.2 cm³/mol. The number of aryl methyl sites for hydroxylation is 2. The second kappa shape index (κ2) is 6.40. The zero-order valence-corrected chi connectivity index (χ0v) is 14.8. The standard InChI is InChI=1S/C19H20N4O3/c1-3-14-17(11(2)26-22-14)19(25)23-8-6-12(10-23)15-9-16-13(18(24)21-15)5-4-7-20-16/h4-5,7,9,12H,3,6,8,10H2,1-2H3,(H,21,24). The van der Waals surface area contributed by atoms with E-state index < -0.39 is 0 Å². The molecule has 134 valence electrons. The number of likely N-dealkylation sites (tertiary alicyclic amines) is 1. The number of aromatic nitrogens is 3. The number of fused-ring (bicyclic) bond motifs is 1. The fraction of sp³-hybridized carbons (Fsp3) is 0.368. The molecule has 1 unspecified atom stereocenters. The van der Waals surface area contributed by atoms with Gasteiger partial charge in [-0.3, -0.25) is 14.6 Å². The minimum absolute atomic E-state index is 0.0515. The van der Waals surface area contributed by atoms with Crippen LogP contribution < -0.4 is 5.56 Å². The lowest BCUT2D eigenvalue weighted by atomic mass is 10.0. The van der Waals surface area contributed by atoms with Crippen molar-refractivity contribution in [1.82, 2.24) is 20.0 Å². The number of amides is 1. The van der Waals surface area contributed by atoms with Gasteiger partial charge in [0, 0.05) is 30.9 Å². The van der Waals surface area contributed by atoms with Crippen molar-refractivity contribution in [3.05, 3.63) is 57.5 Å². The molecule has 1 N–H and O–H groups in total. The maximum absolute atomic E-state index is 12.9. The van der Waals surface area contributed by atoms with Gasteiger partial charge in [0.1, 0.15) is 11.3 Å². The zero-order valence-electron chi connectivity index (χ0n) is 14.8. The molecule has 0 saturated carbocycles. The highest BCUT2D eigenvalue weighted by atomic mass is 16.5. The maximum atomic E-state index is 12.9. The van der Waals surface area contributed by atoms with Crippen LogP contribution in [0.2, 0.25) is 0 Å². The predicted octanol–water partition coefficient (Wildman–Crippen LogP) is 2.41. The van der Waals surface area contributed by atoms with Crippen LogP contribution in [0.4, 0.5) is 0 Å². The smallest absolute Gasteiger partial charge is 0.259 e. The van der Waals surface area contributed by atoms with E-state index in [9.17, 15) is 9.59 Å². The third-order valence-corrected chi connectivity index (χ3v) is 5.03. The topological polar surface area (TPSA) is 92.1 Å². The minimum Gasteiger partial charge on any atom is -0.361 e. The average Bonchev–Trinajstić information content (AvgIpc) is 3.28. The van der Waals surface area contributed by atoms with Crippen LogP contribution in [0.25, 0.3) is 10.9 Å². The van der Waals surface area contributed by atoms with E-state index in [0.29, 0.717) is 47.4 Å². The van der Waals surface area contributed by atoms with Crippen molar-refractivity contribution in [2.75, 3.05) is 13.1 Å². The van der Waals surface area contributed by atoms with Crippen LogP contribution in [0, 0.1) is 6.92 Å². The fourth-order valence-corrected chi connectivity index (χ4v) is 3.62. The molecular formula is C19H20N4O3. The van der Waals surface area contributed by atoms with Crippen molar-refractivity contribution in [2.24, 2.45) is 0 Å². The summed E-state index contributed by atoms with van der Waals surface area (Å²) in [5, 5.41) is 4.55. The highest BCUT2D eigenvalue weighted by Gasteiger charge is 2.32. The molecule has 1 amide bonds. The van der Waals surface area contributed by atoms with Gasteiger partial charge in [0.25, 0.3) is 11.5 Å². The van der Waals surface area contributed by atoms with Crippen molar-refractivity contribution >= 4 is 16.8 Å². The summed E-state index contributed by atoms with van der Waals surface area (Å²) < 4.78 is 5.19. The van der Waals surface area contributed by atoms with Crippen molar-refractivity contribution in [3.8, 4) is 0 Å². The molecule has 1 aliphatic heterocycles. The molecule has 3 aromatic rings. The molecule has 3 aromatic heterocycles. The highest BCUT2D eigenvalue weighted by Crippen LogP contribution is 2.28. The molecule has 1 atom stereocenters. The van der Waals surface area contributed by atoms with Crippen LogP contribution in [0.1, 0.15) is 46.8 Å². The van der Waals surface area contributed by atoms with E-state index in [-0.39, 0.29) is 17.4 Å². The number of hydrogen-bond donors (Lipinski definition) is 1. The van der Waals surface area contributed by atoms with Gasteiger partial charge in [-0.2, -0.15) is 0 Å². The van der Waals surface area contributed by atoms with Crippen LogP contribution in [-0.4, -0.2) is 39.0 Å². The van der Waals surface area contributed by atoms with Crippen molar-refractivity contribution < 1.29 is 9.32 Å². The first-order chi connectivity index (χ1) is 12.6. The van der Waals surface area contributed by atoms with Gasteiger partial charge in [0.05, 0.1) is 16.6 Å². The van der Waals surface area contributed by atoms with E-state index in [1.807, 2.05) is 17.9 Å². The Balaban J connectivity index is 1.60. The number of carbonyl (C=O) groups is 1. The van der Waals surface area contributed by atoms with Crippen LogP contribution in [0.5, 0.6) is 0 Å². The molecule has 0 spiro atoms. The lowest BCUT2D eigenvalue weighted by molar-refractivity contribution is 0.0788. The minimum atomic E-state index is -0.140. The summed E-state index contributed by atoms with van der Waals surface area (Å²) in [6.45, 7) is 4.91. The lowest BCUT2D eigenvalue weighted by Gasteiger charge is -2.16. The van der Waals surface area contributed by atoms with Crippen molar-refractivity contribution in [2.45, 2.75) is 32.6 Å². The van der Waals surface area contributed by atoms with Gasteiger partial charge < -0.3 is 14.4 Å². The summed E-state index contributed by atoms with van der Waals surface area (Å²) in [6.07, 6.45) is 3.13. The number of nitrogens with zero attached hydrogens (tertiary/aromatic N) is 3. The second-order valence-corrected chi connectivity index (χ2v) is 6.64. The van der Waals surface area contributed by atoms with Gasteiger partial charge in [0.15, 0.2) is 0 Å². The molecule has 1 fully saturated rings. The summed E-state index contributed by atoms with van der Waals surface area (Å²) in [5.74, 6) is 0.589. The van der Waals surface area contributed by atoms with Gasteiger partial charge in [0.2, 0.25) is 0 Å². The summed E-state index contributed by atoms with van der Waals surface area (Å²) in [4.78, 5) is 34.2. The van der Waals surface area contributed by atoms with Crippen LogP contribution >= 0.6 is 0 Å². The molecule has 7 nitrogen and oxygen atoms in total. The third-order valence-electron chi connectivity index (χ3n) is 5.03. The van der Waals surface area contributed by atoms with E-state index in [4.69, 9.17) is 4.52 Å². The fourth-order valence-electron chi connectivity index (χ4n) is 3.62. The van der Waals surface area contributed by atoms with Crippen LogP contribution in [0.15, 0.2) is 33.7 Å². The van der Waals surface area contributed by atoms with Crippen LogP contribution in [0.3, 0.4) is 0 Å². The first-order valence-electron chi connectivity index (χ1n) is 8.80. The molecule has 1 aliphatic rings. The summed E-state index contributed by atoms with van der Waals surface area (Å²) in [5.41, 5.74) is 2.63. The van der Waals surface area contributed by atoms with Gasteiger partial charge >= 0.3 is 0 Å².